The van der Waals surface area contributed by atoms with Gasteiger partial charge in [-0.3, -0.25) is 0 Å². The molecule has 0 aliphatic rings. The van der Waals surface area contributed by atoms with E-state index in [1.807, 2.05) is 0 Å². The van der Waals surface area contributed by atoms with Crippen molar-refractivity contribution in [2.24, 2.45) is 0 Å². The van der Waals surface area contributed by atoms with Gasteiger partial charge in [0.15, 0.2) is 0 Å². The smallest absolute Gasteiger partial charge is 0.129 e. The van der Waals surface area contributed by atoms with Crippen LogP contribution in [0.3, 0.4) is 0 Å². The van der Waals surface area contributed by atoms with Crippen LogP contribution < -0.4 is 5.32 Å². The number of rotatable bonds is 4. The van der Waals surface area contributed by atoms with Crippen LogP contribution in [0.15, 0.2) is 28.7 Å². The first-order valence-electron chi connectivity index (χ1n) is 5.17. The number of hydrogen-bond donors (Lipinski definition) is 2. The second-order valence-electron chi connectivity index (χ2n) is 3.63. The van der Waals surface area contributed by atoms with Crippen molar-refractivity contribution < 1.29 is 9.52 Å². The molecule has 96 valence electrons. The van der Waals surface area contributed by atoms with E-state index in [4.69, 9.17) is 44.3 Å². The average Bonchev–Trinajstić information content (AvgIpc) is 2.80. The molecule has 6 heteroatoms. The van der Waals surface area contributed by atoms with E-state index in [1.54, 1.807) is 24.3 Å². The minimum atomic E-state index is -0.118. The molecule has 0 saturated carbocycles. The Hall–Kier alpha value is -0.870. The van der Waals surface area contributed by atoms with Gasteiger partial charge in [-0.15, -0.1) is 0 Å². The number of aliphatic hydroxyl groups is 1. The largest absolute Gasteiger partial charge is 0.462 e. The van der Waals surface area contributed by atoms with Gasteiger partial charge >= 0.3 is 0 Å². The SMILES string of the molecule is OCc1ccc(CNc2cc(Cl)c(Cl)cc2Cl)o1. The molecule has 0 amide bonds. The van der Waals surface area contributed by atoms with Crippen molar-refractivity contribution in [1.29, 1.82) is 0 Å². The van der Waals surface area contributed by atoms with Gasteiger partial charge in [-0.2, -0.15) is 0 Å². The van der Waals surface area contributed by atoms with Gasteiger partial charge in [0, 0.05) is 0 Å². The maximum Gasteiger partial charge on any atom is 0.129 e. The van der Waals surface area contributed by atoms with Crippen LogP contribution in [0.2, 0.25) is 15.1 Å². The van der Waals surface area contributed by atoms with E-state index >= 15 is 0 Å². The molecule has 0 fully saturated rings. The van der Waals surface area contributed by atoms with E-state index in [0.29, 0.717) is 38.8 Å². The minimum Gasteiger partial charge on any atom is -0.462 e. The highest BCUT2D eigenvalue weighted by Crippen LogP contribution is 2.32. The third kappa shape index (κ3) is 3.12. The van der Waals surface area contributed by atoms with Crippen LogP contribution in [0.1, 0.15) is 11.5 Å². The van der Waals surface area contributed by atoms with Crippen molar-refractivity contribution in [2.75, 3.05) is 5.32 Å². The Morgan fingerprint density at radius 2 is 1.67 bits per heavy atom. The maximum absolute atomic E-state index is 8.88. The van der Waals surface area contributed by atoms with Crippen molar-refractivity contribution in [2.45, 2.75) is 13.2 Å². The lowest BCUT2D eigenvalue weighted by atomic mass is 10.3. The quantitative estimate of drug-likeness (QED) is 0.826. The van der Waals surface area contributed by atoms with Crippen LogP contribution in [0.25, 0.3) is 0 Å². The van der Waals surface area contributed by atoms with Gasteiger partial charge in [-0.05, 0) is 24.3 Å². The van der Waals surface area contributed by atoms with Gasteiger partial charge < -0.3 is 14.8 Å². The van der Waals surface area contributed by atoms with Crippen molar-refractivity contribution in [3.8, 4) is 0 Å². The number of furan rings is 1. The zero-order valence-electron chi connectivity index (χ0n) is 9.21. The van der Waals surface area contributed by atoms with Crippen LogP contribution in [0, 0.1) is 0 Å². The Labute approximate surface area is 119 Å². The molecule has 0 saturated heterocycles. The second kappa shape index (κ2) is 5.85. The first kappa shape index (κ1) is 13.6. The molecule has 1 aromatic heterocycles. The summed E-state index contributed by atoms with van der Waals surface area (Å²) in [7, 11) is 0. The zero-order valence-corrected chi connectivity index (χ0v) is 11.5. The summed E-state index contributed by atoms with van der Waals surface area (Å²) < 4.78 is 5.33. The normalized spacial score (nSPS) is 10.7. The van der Waals surface area contributed by atoms with Gasteiger partial charge in [0.05, 0.1) is 27.3 Å². The monoisotopic (exact) mass is 305 g/mol. The molecule has 2 N–H and O–H groups in total. The predicted molar refractivity (Wildman–Crippen MR) is 73.4 cm³/mol. The standard InChI is InChI=1S/C12H10Cl3NO2/c13-9-3-11(15)12(4-10(9)14)16-5-7-1-2-8(6-17)18-7/h1-4,16-17H,5-6H2. The van der Waals surface area contributed by atoms with Gasteiger partial charge in [0.1, 0.15) is 18.1 Å². The molecule has 1 aromatic carbocycles. The van der Waals surface area contributed by atoms with E-state index in [2.05, 4.69) is 5.32 Å². The molecule has 3 nitrogen and oxygen atoms in total. The fourth-order valence-electron chi connectivity index (χ4n) is 1.44. The molecule has 0 bridgehead atoms. The van der Waals surface area contributed by atoms with E-state index in [9.17, 15) is 0 Å². The summed E-state index contributed by atoms with van der Waals surface area (Å²) in [6.07, 6.45) is 0. The Kier molecular flexibility index (Phi) is 4.40. The first-order valence-corrected chi connectivity index (χ1v) is 6.30. The molecule has 0 atom stereocenters. The molecule has 0 radical (unpaired) electrons. The number of benzene rings is 1. The topological polar surface area (TPSA) is 45.4 Å². The van der Waals surface area contributed by atoms with Crippen molar-refractivity contribution in [3.63, 3.8) is 0 Å². The Bertz CT molecular complexity index is 554. The number of nitrogens with one attached hydrogen (secondary N) is 1. The van der Waals surface area contributed by atoms with E-state index in [0.717, 1.165) is 0 Å². The minimum absolute atomic E-state index is 0.118. The lowest BCUT2D eigenvalue weighted by Gasteiger charge is -2.08. The van der Waals surface area contributed by atoms with Gasteiger partial charge in [-0.1, -0.05) is 34.8 Å². The molecular weight excluding hydrogens is 296 g/mol. The Morgan fingerprint density at radius 1 is 1.00 bits per heavy atom. The molecule has 2 aromatic rings. The fourth-order valence-corrected chi connectivity index (χ4v) is 2.06. The van der Waals surface area contributed by atoms with Crippen LogP contribution in [0.4, 0.5) is 5.69 Å². The van der Waals surface area contributed by atoms with Gasteiger partial charge in [0.25, 0.3) is 0 Å². The second-order valence-corrected chi connectivity index (χ2v) is 4.85. The molecule has 0 spiro atoms. The summed E-state index contributed by atoms with van der Waals surface area (Å²) in [6.45, 7) is 0.325. The molecule has 0 unspecified atom stereocenters. The molecular formula is C12H10Cl3NO2. The lowest BCUT2D eigenvalue weighted by molar-refractivity contribution is 0.244. The van der Waals surface area contributed by atoms with Crippen LogP contribution in [-0.4, -0.2) is 5.11 Å². The number of halogens is 3. The average molecular weight is 307 g/mol. The maximum atomic E-state index is 8.88. The Morgan fingerprint density at radius 3 is 2.33 bits per heavy atom. The lowest BCUT2D eigenvalue weighted by Crippen LogP contribution is -1.98. The number of aliphatic hydroxyl groups excluding tert-OH is 1. The van der Waals surface area contributed by atoms with Crippen LogP contribution >= 0.6 is 34.8 Å². The summed E-state index contributed by atoms with van der Waals surface area (Å²) >= 11 is 17.8. The summed E-state index contributed by atoms with van der Waals surface area (Å²) in [5, 5.41) is 13.3. The summed E-state index contributed by atoms with van der Waals surface area (Å²) in [6, 6.07) is 6.73. The van der Waals surface area contributed by atoms with Crippen LogP contribution in [-0.2, 0) is 13.2 Å². The van der Waals surface area contributed by atoms with E-state index < -0.39 is 0 Å². The highest BCUT2D eigenvalue weighted by atomic mass is 35.5. The third-order valence-corrected chi connectivity index (χ3v) is 3.37. The summed E-state index contributed by atoms with van der Waals surface area (Å²) in [4.78, 5) is 0. The van der Waals surface area contributed by atoms with Crippen molar-refractivity contribution in [1.82, 2.24) is 0 Å². The van der Waals surface area contributed by atoms with Crippen molar-refractivity contribution >= 4 is 40.5 Å². The van der Waals surface area contributed by atoms with Crippen molar-refractivity contribution in [3.05, 3.63) is 50.9 Å². The zero-order chi connectivity index (χ0) is 13.1. The third-order valence-electron chi connectivity index (χ3n) is 2.34. The summed E-state index contributed by atoms with van der Waals surface area (Å²) in [5.41, 5.74) is 0.674. The number of hydrogen-bond acceptors (Lipinski definition) is 3. The first-order chi connectivity index (χ1) is 8.60. The summed E-state index contributed by atoms with van der Waals surface area (Å²) in [5.74, 6) is 1.22. The molecule has 2 rings (SSSR count). The predicted octanol–water partition coefficient (Wildman–Crippen LogP) is 4.34. The molecule has 18 heavy (non-hydrogen) atoms. The highest BCUT2D eigenvalue weighted by Gasteiger charge is 2.07. The number of anilines is 1. The molecule has 0 aliphatic carbocycles. The fraction of sp³-hybridized carbons (Fsp3) is 0.167. The van der Waals surface area contributed by atoms with E-state index in [-0.39, 0.29) is 6.61 Å². The molecule has 0 aliphatic heterocycles. The van der Waals surface area contributed by atoms with Crippen LogP contribution in [0.5, 0.6) is 0 Å². The molecule has 1 heterocycles. The highest BCUT2D eigenvalue weighted by molar-refractivity contribution is 6.44. The Balaban J connectivity index is 2.08. The van der Waals surface area contributed by atoms with Gasteiger partial charge in [-0.25, -0.2) is 0 Å². The van der Waals surface area contributed by atoms with Gasteiger partial charge in [0.2, 0.25) is 0 Å². The van der Waals surface area contributed by atoms with E-state index in [1.165, 1.54) is 0 Å².